The molecule has 2 aliphatic heterocycles. The fourth-order valence-corrected chi connectivity index (χ4v) is 9.99. The van der Waals surface area contributed by atoms with Crippen LogP contribution in [0.5, 0.6) is 0 Å². The third-order valence-electron chi connectivity index (χ3n) is 12.3. The lowest BCUT2D eigenvalue weighted by atomic mass is 9.20. The van der Waals surface area contributed by atoms with Crippen LogP contribution in [-0.2, 0) is 0 Å². The Morgan fingerprint density at radius 3 is 1.27 bits per heavy atom. The van der Waals surface area contributed by atoms with E-state index in [2.05, 4.69) is 218 Å². The van der Waals surface area contributed by atoms with Gasteiger partial charge >= 0.3 is 0 Å². The van der Waals surface area contributed by atoms with Gasteiger partial charge in [-0.25, -0.2) is 0 Å². The Bertz CT molecular complexity index is 2840. The number of aryl methyl sites for hydroxylation is 1. The molecule has 262 valence electrons. The molecule has 4 heteroatoms. The molecule has 0 amide bonds. The van der Waals surface area contributed by atoms with Crippen molar-refractivity contribution in [2.75, 3.05) is 9.80 Å². The topological polar surface area (TPSA) is 6.48 Å². The fourth-order valence-electron chi connectivity index (χ4n) is 9.99. The predicted molar refractivity (Wildman–Crippen MR) is 242 cm³/mol. The lowest BCUT2D eigenvalue weighted by Crippen LogP contribution is -2.75. The lowest BCUT2D eigenvalue weighted by molar-refractivity contribution is 1.16. The average molecular weight is 713 g/mol. The zero-order valence-corrected chi connectivity index (χ0v) is 31.5. The van der Waals surface area contributed by atoms with E-state index < -0.39 is 0 Å². The molecule has 0 fully saturated rings. The molecule has 0 radical (unpaired) electrons. The summed E-state index contributed by atoms with van der Waals surface area (Å²) in [6.45, 7) is 4.80. The molecule has 0 saturated heterocycles. The Morgan fingerprint density at radius 1 is 0.339 bits per heavy atom. The highest BCUT2D eigenvalue weighted by Crippen LogP contribution is 2.54. The summed E-state index contributed by atoms with van der Waals surface area (Å²) in [6.07, 6.45) is 0. The van der Waals surface area contributed by atoms with E-state index in [-0.39, 0.29) is 13.4 Å². The second-order valence-electron chi connectivity index (χ2n) is 15.3. The normalized spacial score (nSPS) is 13.0. The second-order valence-corrected chi connectivity index (χ2v) is 15.3. The van der Waals surface area contributed by atoms with Crippen molar-refractivity contribution in [2.45, 2.75) is 13.8 Å². The van der Waals surface area contributed by atoms with E-state index in [4.69, 9.17) is 0 Å². The van der Waals surface area contributed by atoms with Gasteiger partial charge in [0.15, 0.2) is 0 Å². The van der Waals surface area contributed by atoms with Gasteiger partial charge in [-0.1, -0.05) is 184 Å². The van der Waals surface area contributed by atoms with Gasteiger partial charge in [0.25, 0.3) is 0 Å². The number of para-hydroxylation sites is 5. The van der Waals surface area contributed by atoms with Crippen LogP contribution in [0, 0.1) is 13.8 Å². The van der Waals surface area contributed by atoms with Crippen LogP contribution < -0.4 is 42.6 Å². The van der Waals surface area contributed by atoms with E-state index in [1.165, 1.54) is 82.5 Å². The molecule has 56 heavy (non-hydrogen) atoms. The van der Waals surface area contributed by atoms with Gasteiger partial charge in [0.2, 0.25) is 13.4 Å². The number of anilines is 6. The summed E-state index contributed by atoms with van der Waals surface area (Å²) in [5.41, 5.74) is 17.9. The first-order valence-electron chi connectivity index (χ1n) is 19.7. The molecule has 0 spiro atoms. The van der Waals surface area contributed by atoms with E-state index in [0.29, 0.717) is 0 Å². The van der Waals surface area contributed by atoms with Gasteiger partial charge in [-0.15, -0.1) is 0 Å². The van der Waals surface area contributed by atoms with Gasteiger partial charge < -0.3 is 9.80 Å². The maximum atomic E-state index is 2.49. The zero-order chi connectivity index (χ0) is 37.3. The third-order valence-corrected chi connectivity index (χ3v) is 12.3. The number of nitrogens with zero attached hydrogens (tertiary/aromatic N) is 2. The highest BCUT2D eigenvalue weighted by Gasteiger charge is 2.41. The van der Waals surface area contributed by atoms with Gasteiger partial charge in [-0.2, -0.15) is 0 Å². The van der Waals surface area contributed by atoms with Crippen molar-refractivity contribution in [3.8, 4) is 0 Å². The lowest BCUT2D eigenvalue weighted by Gasteiger charge is -2.41. The number of hydrogen-bond acceptors (Lipinski definition) is 2. The number of benzene rings is 9. The Hall–Kier alpha value is -6.77. The van der Waals surface area contributed by atoms with Crippen molar-refractivity contribution < 1.29 is 0 Å². The van der Waals surface area contributed by atoms with Gasteiger partial charge in [0.1, 0.15) is 0 Å². The summed E-state index contributed by atoms with van der Waals surface area (Å²) < 4.78 is 0. The molecule has 0 unspecified atom stereocenters. The predicted octanol–water partition coefficient (Wildman–Crippen LogP) is 9.21. The maximum absolute atomic E-state index is 2.49. The van der Waals surface area contributed by atoms with E-state index in [0.717, 1.165) is 17.1 Å². The van der Waals surface area contributed by atoms with E-state index in [1.54, 1.807) is 0 Å². The minimum absolute atomic E-state index is 0.0657. The molecule has 2 heterocycles. The SMILES string of the molecule is Cc1ccc(N2c3ccccc3N(c3ccccc3)c3ccccc32)c(C)c1B1c2ccccc2B(c2c3ccccc3cc3ccccc23)c2ccccc21. The van der Waals surface area contributed by atoms with Gasteiger partial charge in [-0.05, 0) is 89.5 Å². The van der Waals surface area contributed by atoms with Crippen LogP contribution in [0.25, 0.3) is 21.5 Å². The van der Waals surface area contributed by atoms with Gasteiger partial charge in [0, 0.05) is 11.4 Å². The summed E-state index contributed by atoms with van der Waals surface area (Å²) in [4.78, 5) is 4.89. The Labute approximate surface area is 329 Å². The molecule has 0 atom stereocenters. The number of rotatable bonds is 4. The minimum atomic E-state index is 0.0657. The van der Waals surface area contributed by atoms with Crippen molar-refractivity contribution >= 4 is 102 Å². The highest BCUT2D eigenvalue weighted by molar-refractivity contribution is 7.12. The molecule has 0 saturated carbocycles. The van der Waals surface area contributed by atoms with E-state index in [1.807, 2.05) is 0 Å². The quantitative estimate of drug-likeness (QED) is 0.133. The summed E-state index contributed by atoms with van der Waals surface area (Å²) in [6, 6.07) is 71.8. The Kier molecular flexibility index (Phi) is 7.53. The summed E-state index contributed by atoms with van der Waals surface area (Å²) in [7, 11) is 0. The molecule has 0 aliphatic carbocycles. The molecule has 11 rings (SSSR count). The largest absolute Gasteiger partial charge is 0.306 e. The molecule has 9 aromatic carbocycles. The van der Waals surface area contributed by atoms with Crippen molar-refractivity contribution in [2.24, 2.45) is 0 Å². The Morgan fingerprint density at radius 2 is 0.750 bits per heavy atom. The van der Waals surface area contributed by atoms with Crippen LogP contribution in [-0.4, -0.2) is 13.4 Å². The minimum Gasteiger partial charge on any atom is -0.306 e. The molecular formula is C52H38B2N2. The van der Waals surface area contributed by atoms with Crippen LogP contribution in [0.4, 0.5) is 34.1 Å². The van der Waals surface area contributed by atoms with Gasteiger partial charge in [0.05, 0.1) is 22.7 Å². The first-order valence-corrected chi connectivity index (χ1v) is 19.7. The molecule has 0 aromatic heterocycles. The van der Waals surface area contributed by atoms with E-state index in [9.17, 15) is 0 Å². The molecule has 9 aromatic rings. The van der Waals surface area contributed by atoms with E-state index >= 15 is 0 Å². The maximum Gasteiger partial charge on any atom is 0.241 e. The second kappa shape index (κ2) is 12.9. The van der Waals surface area contributed by atoms with Crippen LogP contribution in [0.1, 0.15) is 11.1 Å². The molecule has 0 N–H and O–H groups in total. The highest BCUT2D eigenvalue weighted by atomic mass is 15.3. The molecule has 2 aliphatic rings. The zero-order valence-electron chi connectivity index (χ0n) is 31.5. The summed E-state index contributed by atoms with van der Waals surface area (Å²) in [5.74, 6) is 0. The average Bonchev–Trinajstić information content (AvgIpc) is 3.25. The summed E-state index contributed by atoms with van der Waals surface area (Å²) >= 11 is 0. The first-order chi connectivity index (χ1) is 27.7. The van der Waals surface area contributed by atoms with Crippen molar-refractivity contribution in [3.63, 3.8) is 0 Å². The third kappa shape index (κ3) is 4.85. The smallest absolute Gasteiger partial charge is 0.241 e. The van der Waals surface area contributed by atoms with Gasteiger partial charge in [-0.3, -0.25) is 0 Å². The van der Waals surface area contributed by atoms with Crippen molar-refractivity contribution in [1.29, 1.82) is 0 Å². The fraction of sp³-hybridized carbons (Fsp3) is 0.0385. The van der Waals surface area contributed by atoms with Crippen LogP contribution >= 0.6 is 0 Å². The van der Waals surface area contributed by atoms with Crippen LogP contribution in [0.3, 0.4) is 0 Å². The molecule has 0 bridgehead atoms. The van der Waals surface area contributed by atoms with Crippen LogP contribution in [0.15, 0.2) is 194 Å². The van der Waals surface area contributed by atoms with Crippen molar-refractivity contribution in [3.05, 3.63) is 205 Å². The monoisotopic (exact) mass is 712 g/mol. The first kappa shape index (κ1) is 32.6. The summed E-state index contributed by atoms with van der Waals surface area (Å²) in [5, 5.41) is 5.21. The Balaban J connectivity index is 1.14. The molecule has 2 nitrogen and oxygen atoms in total. The van der Waals surface area contributed by atoms with Crippen molar-refractivity contribution in [1.82, 2.24) is 0 Å². The number of fused-ring (bicyclic) bond motifs is 6. The molecular weight excluding hydrogens is 674 g/mol. The standard InChI is InChI=1S/C52H38B2N2/c1-35-32-33-46(56-49-30-16-14-28-47(49)55(39-20-4-3-5-21-39)48-29-15-17-31-50(48)56)36(2)51(35)53-42-24-10-12-26-44(42)54(45-27-13-11-25-43(45)53)52-40-22-8-6-18-37(40)34-38-19-7-9-23-41(38)52/h3-34H,1-2H3. The van der Waals surface area contributed by atoms with Crippen LogP contribution in [0.2, 0.25) is 0 Å². The number of hydrogen-bond donors (Lipinski definition) is 0.